The van der Waals surface area contributed by atoms with Crippen molar-refractivity contribution in [2.75, 3.05) is 43.4 Å². The quantitative estimate of drug-likeness (QED) is 0.258. The number of hydrogen-bond acceptors (Lipinski definition) is 9. The maximum Gasteiger partial charge on any atom is 0.234 e. The number of benzene rings is 2. The van der Waals surface area contributed by atoms with E-state index < -0.39 is 0 Å². The Morgan fingerprint density at radius 2 is 1.89 bits per heavy atom. The second-order valence-electron chi connectivity index (χ2n) is 8.29. The summed E-state index contributed by atoms with van der Waals surface area (Å²) in [5.74, 6) is 1.77. The summed E-state index contributed by atoms with van der Waals surface area (Å²) in [6.45, 7) is 9.31. The van der Waals surface area contributed by atoms with E-state index in [9.17, 15) is 4.79 Å². The number of rotatable bonds is 8. The van der Waals surface area contributed by atoms with Gasteiger partial charge in [0.25, 0.3) is 0 Å². The van der Waals surface area contributed by atoms with Gasteiger partial charge in [0.1, 0.15) is 6.29 Å². The van der Waals surface area contributed by atoms with Gasteiger partial charge in [-0.15, -0.1) is 0 Å². The first-order valence-electron chi connectivity index (χ1n) is 11.6. The number of carbonyl (C=O) groups excluding carboxylic acids is 1. The van der Waals surface area contributed by atoms with Gasteiger partial charge < -0.3 is 15.1 Å². The lowest BCUT2D eigenvalue weighted by molar-refractivity contribution is 0.112. The van der Waals surface area contributed by atoms with Gasteiger partial charge in [-0.3, -0.25) is 4.79 Å². The summed E-state index contributed by atoms with van der Waals surface area (Å²) in [6, 6.07) is 15.9. The highest BCUT2D eigenvalue weighted by Gasteiger charge is 2.19. The minimum Gasteiger partial charge on any atom is -0.338 e. The number of aryl methyl sites for hydroxylation is 1. The molecule has 2 heterocycles. The third-order valence-electron chi connectivity index (χ3n) is 5.61. The number of amidine groups is 1. The lowest BCUT2D eigenvalue weighted by atomic mass is 10.1. The van der Waals surface area contributed by atoms with Crippen molar-refractivity contribution in [3.8, 4) is 0 Å². The molecule has 1 saturated heterocycles. The lowest BCUT2D eigenvalue weighted by Crippen LogP contribution is -2.45. The molecule has 36 heavy (non-hydrogen) atoms. The third-order valence-corrected chi connectivity index (χ3v) is 7.44. The molecule has 186 valence electrons. The summed E-state index contributed by atoms with van der Waals surface area (Å²) in [7, 11) is 2.12. The van der Waals surface area contributed by atoms with Gasteiger partial charge in [0.05, 0.1) is 0 Å². The predicted octanol–water partition coefficient (Wildman–Crippen LogP) is 4.74. The van der Waals surface area contributed by atoms with Crippen molar-refractivity contribution in [1.29, 1.82) is 0 Å². The fourth-order valence-electron chi connectivity index (χ4n) is 3.58. The Hall–Kier alpha value is -3.21. The number of nitrogens with zero attached hydrogens (tertiary/aromatic N) is 6. The predicted molar refractivity (Wildman–Crippen MR) is 149 cm³/mol. The highest BCUT2D eigenvalue weighted by molar-refractivity contribution is 8.13. The van der Waals surface area contributed by atoms with Crippen LogP contribution in [0.15, 0.2) is 76.4 Å². The van der Waals surface area contributed by atoms with Crippen LogP contribution in [-0.4, -0.2) is 64.5 Å². The van der Waals surface area contributed by atoms with Gasteiger partial charge in [-0.25, -0.2) is 4.99 Å². The van der Waals surface area contributed by atoms with Gasteiger partial charge in [0.2, 0.25) is 11.9 Å². The number of hydrogen-bond donors (Lipinski definition) is 1. The zero-order valence-corrected chi connectivity index (χ0v) is 22.1. The molecular formula is C26H29N7OS2. The molecule has 0 atom stereocenters. The maximum absolute atomic E-state index is 11.1. The van der Waals surface area contributed by atoms with Crippen molar-refractivity contribution in [3.05, 3.63) is 78.0 Å². The molecule has 0 saturated carbocycles. The molecule has 3 aromatic rings. The molecule has 0 spiro atoms. The smallest absolute Gasteiger partial charge is 0.234 e. The van der Waals surface area contributed by atoms with E-state index in [1.54, 1.807) is 0 Å². The Morgan fingerprint density at radius 1 is 1.11 bits per heavy atom. The number of thioether (sulfide) groups is 1. The van der Waals surface area contributed by atoms with Crippen molar-refractivity contribution in [2.45, 2.75) is 22.7 Å². The van der Waals surface area contributed by atoms with E-state index in [0.29, 0.717) is 33.5 Å². The number of likely N-dealkylation sites (N-methyl/N-ethyl adjacent to an activating group) is 1. The van der Waals surface area contributed by atoms with Gasteiger partial charge in [-0.1, -0.05) is 54.7 Å². The molecule has 2 aromatic carbocycles. The molecule has 0 radical (unpaired) electrons. The highest BCUT2D eigenvalue weighted by atomic mass is 32.2. The average molecular weight is 520 g/mol. The van der Waals surface area contributed by atoms with Crippen LogP contribution in [0, 0.1) is 6.92 Å². The van der Waals surface area contributed by atoms with E-state index in [-0.39, 0.29) is 0 Å². The van der Waals surface area contributed by atoms with Gasteiger partial charge in [-0.2, -0.15) is 15.0 Å². The number of carbonyl (C=O) groups is 1. The van der Waals surface area contributed by atoms with Crippen LogP contribution in [-0.2, 0) is 5.75 Å². The molecule has 4 rings (SSSR count). The molecule has 8 nitrogen and oxygen atoms in total. The van der Waals surface area contributed by atoms with Crippen LogP contribution in [0.3, 0.4) is 0 Å². The number of piperazine rings is 1. The number of aliphatic imine (C=N–C) groups is 1. The number of aromatic nitrogens is 3. The molecule has 0 aliphatic carbocycles. The molecule has 1 aliphatic heterocycles. The molecular weight excluding hydrogens is 490 g/mol. The monoisotopic (exact) mass is 519 g/mol. The Kier molecular flexibility index (Phi) is 9.10. The minimum atomic E-state index is 0.443. The zero-order chi connectivity index (χ0) is 25.3. The summed E-state index contributed by atoms with van der Waals surface area (Å²) in [5.41, 5.74) is 2.75. The van der Waals surface area contributed by atoms with E-state index in [2.05, 4.69) is 38.7 Å². The Balaban J connectivity index is 1.55. The SMILES string of the molecule is C=CN=C(Nc1nc(Sc2ccccc2)nc(N2CCN(C)CC2)n1)SCc1ccc(C=O)c(C)c1. The molecule has 1 N–H and O–H groups in total. The second kappa shape index (κ2) is 12.7. The first-order chi connectivity index (χ1) is 17.5. The Labute approximate surface area is 220 Å². The van der Waals surface area contributed by atoms with Crippen LogP contribution in [0.4, 0.5) is 11.9 Å². The van der Waals surface area contributed by atoms with Crippen LogP contribution in [0.5, 0.6) is 0 Å². The molecule has 10 heteroatoms. The van der Waals surface area contributed by atoms with Crippen LogP contribution < -0.4 is 10.2 Å². The zero-order valence-electron chi connectivity index (χ0n) is 20.4. The van der Waals surface area contributed by atoms with Crippen molar-refractivity contribution in [2.24, 2.45) is 4.99 Å². The number of anilines is 2. The highest BCUT2D eigenvalue weighted by Crippen LogP contribution is 2.27. The van der Waals surface area contributed by atoms with E-state index in [1.807, 2.05) is 55.5 Å². The van der Waals surface area contributed by atoms with E-state index in [0.717, 1.165) is 48.5 Å². The normalized spacial score (nSPS) is 14.5. The van der Waals surface area contributed by atoms with Gasteiger partial charge in [0.15, 0.2) is 10.3 Å². The summed E-state index contributed by atoms with van der Waals surface area (Å²) >= 11 is 3.02. The lowest BCUT2D eigenvalue weighted by Gasteiger charge is -2.32. The average Bonchev–Trinajstić information content (AvgIpc) is 2.88. The summed E-state index contributed by atoms with van der Waals surface area (Å²) < 4.78 is 0. The van der Waals surface area contributed by atoms with Crippen molar-refractivity contribution >= 4 is 46.9 Å². The molecule has 1 fully saturated rings. The van der Waals surface area contributed by atoms with Crippen LogP contribution in [0.2, 0.25) is 0 Å². The Morgan fingerprint density at radius 3 is 2.58 bits per heavy atom. The van der Waals surface area contributed by atoms with E-state index >= 15 is 0 Å². The van der Waals surface area contributed by atoms with Crippen molar-refractivity contribution in [1.82, 2.24) is 19.9 Å². The topological polar surface area (TPSA) is 86.6 Å². The molecule has 0 amide bonds. The molecule has 0 bridgehead atoms. The number of nitrogens with one attached hydrogen (secondary N) is 1. The number of aldehydes is 1. The third kappa shape index (κ3) is 7.16. The van der Waals surface area contributed by atoms with Crippen molar-refractivity contribution < 1.29 is 4.79 Å². The molecule has 0 unspecified atom stereocenters. The second-order valence-corrected chi connectivity index (χ2v) is 10.3. The first-order valence-corrected chi connectivity index (χ1v) is 13.4. The summed E-state index contributed by atoms with van der Waals surface area (Å²) in [6.07, 6.45) is 2.38. The van der Waals surface area contributed by atoms with Gasteiger partial charge in [0, 0.05) is 48.6 Å². The minimum absolute atomic E-state index is 0.443. The van der Waals surface area contributed by atoms with Crippen molar-refractivity contribution in [3.63, 3.8) is 0 Å². The largest absolute Gasteiger partial charge is 0.338 e. The Bertz CT molecular complexity index is 1230. The summed E-state index contributed by atoms with van der Waals surface area (Å²) in [4.78, 5) is 35.2. The van der Waals surface area contributed by atoms with Crippen LogP contribution in [0.25, 0.3) is 0 Å². The van der Waals surface area contributed by atoms with Crippen LogP contribution in [0.1, 0.15) is 21.5 Å². The fourth-order valence-corrected chi connectivity index (χ4v) is 5.14. The van der Waals surface area contributed by atoms with Gasteiger partial charge >= 0.3 is 0 Å². The van der Waals surface area contributed by atoms with E-state index in [4.69, 9.17) is 9.97 Å². The fraction of sp³-hybridized carbons (Fsp3) is 0.269. The van der Waals surface area contributed by atoms with Gasteiger partial charge in [-0.05, 0) is 49.0 Å². The first kappa shape index (κ1) is 25.9. The van der Waals surface area contributed by atoms with E-state index in [1.165, 1.54) is 29.7 Å². The summed E-state index contributed by atoms with van der Waals surface area (Å²) in [5, 5.41) is 4.53. The molecule has 1 aliphatic rings. The molecule has 1 aromatic heterocycles. The standard InChI is InChI=1S/C26H29N7OS2/c1-4-27-25(35-18-20-10-11-21(17-34)19(2)16-20)29-23-28-24(33-14-12-32(3)13-15-33)31-26(30-23)36-22-8-6-5-7-9-22/h4-11,16-17H,1,12-15,18H2,2-3H3,(H,27,28,29,30,31). The maximum atomic E-state index is 11.1. The van der Waals surface area contributed by atoms with Crippen LogP contribution >= 0.6 is 23.5 Å².